The Kier molecular flexibility index (Phi) is 9.44. The van der Waals surface area contributed by atoms with Gasteiger partial charge in [-0.2, -0.15) is 0 Å². The second-order valence-corrected chi connectivity index (χ2v) is 22.1. The Balaban J connectivity index is 0.000000156. The highest BCUT2D eigenvalue weighted by atomic mass is 16.3. The number of hydrogen-bond donors (Lipinski definition) is 0. The molecular weight excluding hydrogens is 1090 g/mol. The van der Waals surface area contributed by atoms with E-state index in [-0.39, 0.29) is 91.4 Å². The molecule has 0 saturated heterocycles. The Labute approximate surface area is 543 Å². The highest BCUT2D eigenvalue weighted by Gasteiger charge is 2.21. The van der Waals surface area contributed by atoms with E-state index in [2.05, 4.69) is 72.8 Å². The van der Waals surface area contributed by atoms with E-state index in [1.165, 1.54) is 0 Å². The normalized spacial score (nSPS) is 14.0. The third-order valence-electron chi connectivity index (χ3n) is 17.0. The van der Waals surface area contributed by atoms with E-state index in [0.29, 0.717) is 66.8 Å². The van der Waals surface area contributed by atoms with Crippen LogP contribution in [-0.4, -0.2) is 0 Å². The summed E-state index contributed by atoms with van der Waals surface area (Å²) in [5, 5.41) is 4.66. The van der Waals surface area contributed by atoms with Gasteiger partial charge < -0.3 is 8.83 Å². The average Bonchev–Trinajstić information content (AvgIpc) is 0.743. The molecule has 2 nitrogen and oxygen atoms in total. The molecule has 2 aromatic heterocycles. The topological polar surface area (TPSA) is 26.3 Å². The Bertz CT molecular complexity index is 6580. The van der Waals surface area contributed by atoms with Crippen molar-refractivity contribution < 1.29 is 30.8 Å². The minimum Gasteiger partial charge on any atom is -0.456 e. The highest BCUT2D eigenvalue weighted by molar-refractivity contribution is 6.24. The number of benzene rings is 16. The van der Waals surface area contributed by atoms with Crippen LogP contribution in [0.3, 0.4) is 0 Å². The lowest BCUT2D eigenvalue weighted by Gasteiger charge is -2.17. The van der Waals surface area contributed by atoms with E-state index >= 15 is 0 Å². The third kappa shape index (κ3) is 9.12. The Hall–Kier alpha value is -11.8. The summed E-state index contributed by atoms with van der Waals surface area (Å²) in [4.78, 5) is 0. The molecule has 0 aliphatic heterocycles. The molecule has 0 aliphatic rings. The van der Waals surface area contributed by atoms with Gasteiger partial charge in [0.05, 0.1) is 21.9 Å². The smallest absolute Gasteiger partial charge is 0.136 e. The van der Waals surface area contributed by atoms with Crippen LogP contribution in [0.25, 0.3) is 176 Å². The summed E-state index contributed by atoms with van der Waals surface area (Å²) < 4.78 is 156. The summed E-state index contributed by atoms with van der Waals surface area (Å²) in [5.41, 5.74) is 14.5. The number of rotatable bonds is 8. The molecule has 0 bridgehead atoms. The minimum atomic E-state index is -0.430. The maximum absolute atomic E-state index is 9.23. The molecule has 0 amide bonds. The molecule has 18 aromatic rings. The van der Waals surface area contributed by atoms with E-state index in [4.69, 9.17) is 25.3 Å². The van der Waals surface area contributed by atoms with Crippen molar-refractivity contribution in [3.63, 3.8) is 0 Å². The summed E-state index contributed by atoms with van der Waals surface area (Å²) in [6, 6.07) is 72.3. The van der Waals surface area contributed by atoms with Gasteiger partial charge in [0.15, 0.2) is 0 Å². The Morgan fingerprint density at radius 3 is 0.878 bits per heavy atom. The van der Waals surface area contributed by atoms with Crippen molar-refractivity contribution in [1.82, 2.24) is 0 Å². The first-order valence-corrected chi connectivity index (χ1v) is 29.6. The fourth-order valence-electron chi connectivity index (χ4n) is 12.9. The summed E-state index contributed by atoms with van der Waals surface area (Å²) in [6.45, 7) is 0. The molecule has 0 fully saturated rings. The van der Waals surface area contributed by atoms with Crippen molar-refractivity contribution in [2.75, 3.05) is 0 Å². The quantitative estimate of drug-likeness (QED) is 0.142. The summed E-state index contributed by atoms with van der Waals surface area (Å²) >= 11 is 0. The first-order chi connectivity index (χ1) is 51.3. The van der Waals surface area contributed by atoms with Crippen LogP contribution in [0.1, 0.15) is 21.9 Å². The van der Waals surface area contributed by atoms with E-state index in [0.717, 1.165) is 66.1 Å². The van der Waals surface area contributed by atoms with Gasteiger partial charge in [-0.15, -0.1) is 0 Å². The lowest BCUT2D eigenvalue weighted by Crippen LogP contribution is -1.90. The summed E-state index contributed by atoms with van der Waals surface area (Å²) in [6.07, 6.45) is 0. The summed E-state index contributed by atoms with van der Waals surface area (Å²) in [7, 11) is 0. The SMILES string of the molecule is [2H]c1c([2H])c([2H])c2c(-c3ccc4oc5cc(-c6ccccc6-c6ccccc6)ccc5c4c3)c3c([2H])c([2H])c([2H])c([2H])c3c(-c3ccccc3)c2c1[2H].[2H]c1c([2H])c([2H])c2c(-c3ccc4oc5ccc(-c6ccc(-c7ccccc7)cc6)cc5c4c3)c3c([2H])c([2H])c([2H])c([2H])c3c(-c3ccccc3)c2c1[2H]. The molecule has 0 atom stereocenters. The van der Waals surface area contributed by atoms with Crippen molar-refractivity contribution in [2.45, 2.75) is 0 Å². The molecule has 0 saturated carbocycles. The predicted molar refractivity (Wildman–Crippen MR) is 381 cm³/mol. The van der Waals surface area contributed by atoms with Gasteiger partial charge >= 0.3 is 0 Å². The van der Waals surface area contributed by atoms with Gasteiger partial charge in [0.1, 0.15) is 22.3 Å². The minimum absolute atomic E-state index is 0.179. The van der Waals surface area contributed by atoms with Gasteiger partial charge in [-0.05, 0) is 181 Å². The van der Waals surface area contributed by atoms with Crippen LogP contribution in [0.2, 0.25) is 0 Å². The van der Waals surface area contributed by atoms with E-state index < -0.39 is 48.3 Å². The van der Waals surface area contributed by atoms with E-state index in [9.17, 15) is 5.48 Å². The number of fused-ring (bicyclic) bond motifs is 10. The van der Waals surface area contributed by atoms with Crippen LogP contribution < -0.4 is 0 Å². The highest BCUT2D eigenvalue weighted by Crippen LogP contribution is 2.48. The van der Waals surface area contributed by atoms with Crippen LogP contribution in [0, 0.1) is 0 Å². The van der Waals surface area contributed by atoms with Gasteiger partial charge in [-0.25, -0.2) is 0 Å². The maximum Gasteiger partial charge on any atom is 0.136 e. The maximum atomic E-state index is 9.23. The van der Waals surface area contributed by atoms with Crippen LogP contribution in [0.5, 0.6) is 0 Å². The second-order valence-electron chi connectivity index (χ2n) is 22.1. The lowest BCUT2D eigenvalue weighted by molar-refractivity contribution is 0.668. The van der Waals surface area contributed by atoms with Crippen molar-refractivity contribution in [3.8, 4) is 89.0 Å². The first-order valence-electron chi connectivity index (χ1n) is 37.6. The summed E-state index contributed by atoms with van der Waals surface area (Å²) in [5.74, 6) is 0. The van der Waals surface area contributed by atoms with Gasteiger partial charge in [0, 0.05) is 21.5 Å². The number of furan rings is 2. The third-order valence-corrected chi connectivity index (χ3v) is 17.0. The molecule has 0 aliphatic carbocycles. The van der Waals surface area contributed by atoms with E-state index in [1.807, 2.05) is 103 Å². The van der Waals surface area contributed by atoms with Crippen molar-refractivity contribution >= 4 is 87.0 Å². The first kappa shape index (κ1) is 38.3. The zero-order chi connectivity index (χ0) is 73.4. The standard InChI is InChI=1S/2C44H28O/c1-3-11-29(12-4-1)30-19-21-31(22-20-30)33-23-25-41-39(27-33)40-28-34(24-26-42(40)45-41)44-37-17-9-7-15-35(37)43(32-13-5-2-6-14-32)36-16-8-10-18-38(36)44;1-3-13-29(14-4-1)33-17-7-8-18-34(33)31-23-25-35-40-27-32(24-26-41(40)45-42(35)28-31)44-38-21-11-9-19-36(38)43(30-15-5-2-6-16-30)37-20-10-12-22-39(37)44/h2*1-28H/i7D,8D,9D,10D,15D,16D,17D,18D;9D,10D,11D,12D,19D,20D,21D,22D. The van der Waals surface area contributed by atoms with Crippen LogP contribution in [-0.2, 0) is 0 Å². The Morgan fingerprint density at radius 1 is 0.178 bits per heavy atom. The monoisotopic (exact) mass is 1160 g/mol. The van der Waals surface area contributed by atoms with Crippen LogP contribution in [0.4, 0.5) is 0 Å². The average molecular weight is 1160 g/mol. The van der Waals surface area contributed by atoms with Crippen molar-refractivity contribution in [2.24, 2.45) is 0 Å². The van der Waals surface area contributed by atoms with Gasteiger partial charge in [0.2, 0.25) is 0 Å². The molecule has 0 spiro atoms. The molecule has 0 radical (unpaired) electrons. The largest absolute Gasteiger partial charge is 0.456 e. The Morgan fingerprint density at radius 2 is 0.456 bits per heavy atom. The molecule has 0 unspecified atom stereocenters. The molecule has 16 aromatic carbocycles. The molecule has 90 heavy (non-hydrogen) atoms. The van der Waals surface area contributed by atoms with Crippen molar-refractivity contribution in [3.05, 3.63) is 339 Å². The van der Waals surface area contributed by atoms with Gasteiger partial charge in [-0.1, -0.05) is 291 Å². The van der Waals surface area contributed by atoms with Crippen LogP contribution >= 0.6 is 0 Å². The van der Waals surface area contributed by atoms with Gasteiger partial charge in [0.25, 0.3) is 0 Å². The fourth-order valence-corrected chi connectivity index (χ4v) is 12.9. The zero-order valence-corrected chi connectivity index (χ0v) is 47.9. The molecule has 2 heteroatoms. The second kappa shape index (κ2) is 22.1. The van der Waals surface area contributed by atoms with Crippen LogP contribution in [0.15, 0.2) is 348 Å². The fraction of sp³-hybridized carbons (Fsp3) is 0. The predicted octanol–water partition coefficient (Wildman–Crippen LogP) is 25.1. The van der Waals surface area contributed by atoms with E-state index in [1.54, 1.807) is 66.7 Å². The van der Waals surface area contributed by atoms with Crippen molar-refractivity contribution in [1.29, 1.82) is 0 Å². The zero-order valence-electron chi connectivity index (χ0n) is 63.9. The number of hydrogen-bond acceptors (Lipinski definition) is 2. The molecule has 420 valence electrons. The molecular formula is C88H56O2. The molecule has 2 heterocycles. The molecule has 0 N–H and O–H groups in total. The molecule has 18 rings (SSSR count). The lowest BCUT2D eigenvalue weighted by atomic mass is 9.86. The van der Waals surface area contributed by atoms with Gasteiger partial charge in [-0.3, -0.25) is 0 Å².